The minimum atomic E-state index is -0.457. The Kier molecular flexibility index (Phi) is 5.82. The Labute approximate surface area is 140 Å². The third kappa shape index (κ3) is 5.63. The second-order valence-electron chi connectivity index (χ2n) is 7.59. The molecule has 0 bridgehead atoms. The lowest BCUT2D eigenvalue weighted by Gasteiger charge is -2.37. The highest BCUT2D eigenvalue weighted by molar-refractivity contribution is 5.76. The van der Waals surface area contributed by atoms with Crippen molar-refractivity contribution in [1.29, 1.82) is 0 Å². The van der Waals surface area contributed by atoms with Crippen LogP contribution in [0.1, 0.15) is 38.8 Å². The first-order valence-electron chi connectivity index (χ1n) is 8.50. The SMILES string of the molecule is Cc1cccc(C[C@@H](C(=O)OC(C)(C)C)N2CCN[C@@H](C)C2)c1. The molecule has 1 saturated heterocycles. The summed E-state index contributed by atoms with van der Waals surface area (Å²) < 4.78 is 5.69. The number of nitrogens with zero attached hydrogens (tertiary/aromatic N) is 1. The van der Waals surface area contributed by atoms with Gasteiger partial charge in [0.2, 0.25) is 0 Å². The van der Waals surface area contributed by atoms with Gasteiger partial charge in [0, 0.05) is 25.7 Å². The van der Waals surface area contributed by atoms with Crippen molar-refractivity contribution in [2.75, 3.05) is 19.6 Å². The van der Waals surface area contributed by atoms with E-state index in [2.05, 4.69) is 48.3 Å². The van der Waals surface area contributed by atoms with Crippen LogP contribution in [0.25, 0.3) is 0 Å². The lowest BCUT2D eigenvalue weighted by Crippen LogP contribution is -2.56. The predicted octanol–water partition coefficient (Wildman–Crippen LogP) is 2.54. The molecular weight excluding hydrogens is 288 g/mol. The topological polar surface area (TPSA) is 41.6 Å². The number of esters is 1. The molecule has 0 unspecified atom stereocenters. The van der Waals surface area contributed by atoms with Crippen molar-refractivity contribution < 1.29 is 9.53 Å². The first kappa shape index (κ1) is 18.0. The van der Waals surface area contributed by atoms with Crippen molar-refractivity contribution in [3.8, 4) is 0 Å². The molecule has 1 aliphatic heterocycles. The van der Waals surface area contributed by atoms with E-state index in [1.807, 2.05) is 20.8 Å². The van der Waals surface area contributed by atoms with Crippen molar-refractivity contribution >= 4 is 5.97 Å². The van der Waals surface area contributed by atoms with Crippen molar-refractivity contribution in [3.05, 3.63) is 35.4 Å². The Hall–Kier alpha value is -1.39. The van der Waals surface area contributed by atoms with Gasteiger partial charge in [0.25, 0.3) is 0 Å². The van der Waals surface area contributed by atoms with E-state index >= 15 is 0 Å². The fourth-order valence-corrected chi connectivity index (χ4v) is 3.04. The highest BCUT2D eigenvalue weighted by atomic mass is 16.6. The molecule has 2 atom stereocenters. The molecular formula is C19H30N2O2. The van der Waals surface area contributed by atoms with Crippen molar-refractivity contribution in [1.82, 2.24) is 10.2 Å². The minimum Gasteiger partial charge on any atom is -0.459 e. The standard InChI is InChI=1S/C19H30N2O2/c1-14-7-6-8-16(11-14)12-17(18(22)23-19(3,4)5)21-10-9-20-15(2)13-21/h6-8,11,15,17,20H,9-10,12-13H2,1-5H3/t15-,17-/m0/s1. The van der Waals surface area contributed by atoms with Gasteiger partial charge in [0.1, 0.15) is 11.6 Å². The average molecular weight is 318 g/mol. The number of hydrogen-bond acceptors (Lipinski definition) is 4. The van der Waals surface area contributed by atoms with Crippen LogP contribution in [-0.4, -0.2) is 48.2 Å². The molecule has 4 nitrogen and oxygen atoms in total. The fourth-order valence-electron chi connectivity index (χ4n) is 3.04. The van der Waals surface area contributed by atoms with Gasteiger partial charge in [-0.3, -0.25) is 9.69 Å². The molecule has 1 N–H and O–H groups in total. The van der Waals surface area contributed by atoms with E-state index in [0.29, 0.717) is 12.5 Å². The van der Waals surface area contributed by atoms with Gasteiger partial charge in [-0.25, -0.2) is 0 Å². The number of carbonyl (C=O) groups is 1. The molecule has 1 heterocycles. The maximum absolute atomic E-state index is 12.8. The molecule has 2 rings (SSSR count). The number of rotatable bonds is 4. The van der Waals surface area contributed by atoms with Gasteiger partial charge in [0.05, 0.1) is 0 Å². The van der Waals surface area contributed by atoms with Gasteiger partial charge in [-0.05, 0) is 46.6 Å². The van der Waals surface area contributed by atoms with Gasteiger partial charge >= 0.3 is 5.97 Å². The molecule has 0 aliphatic carbocycles. The van der Waals surface area contributed by atoms with E-state index in [1.165, 1.54) is 11.1 Å². The molecule has 0 radical (unpaired) electrons. The van der Waals surface area contributed by atoms with Gasteiger partial charge in [-0.1, -0.05) is 29.8 Å². The Morgan fingerprint density at radius 2 is 2.17 bits per heavy atom. The van der Waals surface area contributed by atoms with Crippen LogP contribution in [-0.2, 0) is 16.0 Å². The number of benzene rings is 1. The third-order valence-electron chi connectivity index (χ3n) is 4.03. The van der Waals surface area contributed by atoms with Crippen molar-refractivity contribution in [3.63, 3.8) is 0 Å². The minimum absolute atomic E-state index is 0.117. The fraction of sp³-hybridized carbons (Fsp3) is 0.632. The number of piperazine rings is 1. The van der Waals surface area contributed by atoms with E-state index in [4.69, 9.17) is 4.74 Å². The molecule has 128 valence electrons. The second kappa shape index (κ2) is 7.45. The first-order valence-corrected chi connectivity index (χ1v) is 8.50. The van der Waals surface area contributed by atoms with Crippen molar-refractivity contribution in [2.24, 2.45) is 0 Å². The maximum atomic E-state index is 12.8. The Morgan fingerprint density at radius 3 is 2.78 bits per heavy atom. The van der Waals surface area contributed by atoms with E-state index in [1.54, 1.807) is 0 Å². The van der Waals surface area contributed by atoms with E-state index < -0.39 is 5.60 Å². The molecule has 0 aromatic heterocycles. The third-order valence-corrected chi connectivity index (χ3v) is 4.03. The molecule has 1 aliphatic rings. The van der Waals surface area contributed by atoms with Crippen molar-refractivity contribution in [2.45, 2.75) is 58.7 Å². The summed E-state index contributed by atoms with van der Waals surface area (Å²) in [6, 6.07) is 8.56. The normalized spacial score (nSPS) is 21.0. The van der Waals surface area contributed by atoms with E-state index in [-0.39, 0.29) is 12.0 Å². The summed E-state index contributed by atoms with van der Waals surface area (Å²) in [5.74, 6) is -0.117. The highest BCUT2D eigenvalue weighted by Gasteiger charge is 2.32. The van der Waals surface area contributed by atoms with Gasteiger partial charge in [-0.2, -0.15) is 0 Å². The van der Waals surface area contributed by atoms with Crippen LogP contribution in [0.3, 0.4) is 0 Å². The lowest BCUT2D eigenvalue weighted by atomic mass is 10.0. The summed E-state index contributed by atoms with van der Waals surface area (Å²) in [4.78, 5) is 15.0. The van der Waals surface area contributed by atoms with Gasteiger partial charge in [0.15, 0.2) is 0 Å². The predicted molar refractivity (Wildman–Crippen MR) is 93.6 cm³/mol. The largest absolute Gasteiger partial charge is 0.459 e. The number of carbonyl (C=O) groups excluding carboxylic acids is 1. The Morgan fingerprint density at radius 1 is 1.43 bits per heavy atom. The summed E-state index contributed by atoms with van der Waals surface area (Å²) in [5, 5.41) is 3.43. The Balaban J connectivity index is 2.18. The second-order valence-corrected chi connectivity index (χ2v) is 7.59. The molecule has 0 saturated carbocycles. The molecule has 23 heavy (non-hydrogen) atoms. The molecule has 4 heteroatoms. The van der Waals surface area contributed by atoms with E-state index in [9.17, 15) is 4.79 Å². The molecule has 1 aromatic rings. The first-order chi connectivity index (χ1) is 10.7. The smallest absolute Gasteiger partial charge is 0.324 e. The van der Waals surface area contributed by atoms with Crippen LogP contribution in [0.2, 0.25) is 0 Å². The zero-order chi connectivity index (χ0) is 17.0. The van der Waals surface area contributed by atoms with E-state index in [0.717, 1.165) is 19.6 Å². The molecule has 1 fully saturated rings. The van der Waals surface area contributed by atoms with Gasteiger partial charge in [-0.15, -0.1) is 0 Å². The summed E-state index contributed by atoms with van der Waals surface area (Å²) in [6.45, 7) is 12.7. The Bertz CT molecular complexity index is 536. The summed E-state index contributed by atoms with van der Waals surface area (Å²) in [5.41, 5.74) is 1.95. The molecule has 1 aromatic carbocycles. The quantitative estimate of drug-likeness (QED) is 0.866. The number of nitrogens with one attached hydrogen (secondary N) is 1. The maximum Gasteiger partial charge on any atom is 0.324 e. The highest BCUT2D eigenvalue weighted by Crippen LogP contribution is 2.17. The van der Waals surface area contributed by atoms with Crippen LogP contribution in [0.4, 0.5) is 0 Å². The monoisotopic (exact) mass is 318 g/mol. The zero-order valence-electron chi connectivity index (χ0n) is 15.1. The summed E-state index contributed by atoms with van der Waals surface area (Å²) in [6.07, 6.45) is 0.698. The lowest BCUT2D eigenvalue weighted by molar-refractivity contribution is -0.162. The number of ether oxygens (including phenoxy) is 1. The van der Waals surface area contributed by atoms with Gasteiger partial charge < -0.3 is 10.1 Å². The average Bonchev–Trinajstić information content (AvgIpc) is 2.43. The zero-order valence-corrected chi connectivity index (χ0v) is 15.1. The van der Waals surface area contributed by atoms with Crippen LogP contribution < -0.4 is 5.32 Å². The number of aryl methyl sites for hydroxylation is 1. The van der Waals surface area contributed by atoms with Crippen LogP contribution in [0.5, 0.6) is 0 Å². The number of hydrogen-bond donors (Lipinski definition) is 1. The summed E-state index contributed by atoms with van der Waals surface area (Å²) >= 11 is 0. The molecule has 0 amide bonds. The van der Waals surface area contributed by atoms with Crippen LogP contribution in [0, 0.1) is 6.92 Å². The van der Waals surface area contributed by atoms with Crippen LogP contribution in [0.15, 0.2) is 24.3 Å². The molecule has 0 spiro atoms. The van der Waals surface area contributed by atoms with Crippen LogP contribution >= 0.6 is 0 Å². The summed E-state index contributed by atoms with van der Waals surface area (Å²) in [7, 11) is 0.